The number of thioether (sulfide) groups is 1. The average molecular weight is 409 g/mol. The Bertz CT molecular complexity index is 835. The van der Waals surface area contributed by atoms with E-state index in [2.05, 4.69) is 31.1 Å². The maximum Gasteiger partial charge on any atom is 0.209 e. The lowest BCUT2D eigenvalue weighted by Crippen LogP contribution is -2.02. The maximum absolute atomic E-state index is 12.1. The van der Waals surface area contributed by atoms with E-state index >= 15 is 0 Å². The van der Waals surface area contributed by atoms with Crippen molar-refractivity contribution in [3.63, 3.8) is 0 Å². The van der Waals surface area contributed by atoms with Gasteiger partial charge in [-0.15, -0.1) is 5.10 Å². The molecule has 1 aromatic heterocycles. The first kappa shape index (κ1) is 16.2. The molecule has 0 amide bonds. The predicted octanol–water partition coefficient (Wildman–Crippen LogP) is 4.86. The average Bonchev–Trinajstić information content (AvgIpc) is 3.02. The van der Waals surface area contributed by atoms with Crippen molar-refractivity contribution in [1.82, 2.24) is 15.2 Å². The Morgan fingerprint density at radius 1 is 1.17 bits per heavy atom. The van der Waals surface area contributed by atoms with Crippen molar-refractivity contribution in [3.8, 4) is 11.4 Å². The van der Waals surface area contributed by atoms with Gasteiger partial charge < -0.3 is 0 Å². The fourth-order valence-corrected chi connectivity index (χ4v) is 3.23. The molecule has 7 heteroatoms. The maximum atomic E-state index is 12.1. The van der Waals surface area contributed by atoms with Gasteiger partial charge in [0.2, 0.25) is 5.16 Å². The molecule has 0 aliphatic heterocycles. The van der Waals surface area contributed by atoms with Crippen LogP contribution >= 0.6 is 39.3 Å². The van der Waals surface area contributed by atoms with E-state index in [1.54, 1.807) is 24.3 Å². The van der Waals surface area contributed by atoms with E-state index < -0.39 is 0 Å². The molecule has 0 aliphatic rings. The van der Waals surface area contributed by atoms with Gasteiger partial charge in [-0.2, -0.15) is 0 Å². The molecule has 1 N–H and O–H groups in total. The molecule has 0 fully saturated rings. The minimum atomic E-state index is 0.0129. The monoisotopic (exact) mass is 407 g/mol. The lowest BCUT2D eigenvalue weighted by molar-refractivity contribution is 0.102. The zero-order valence-electron chi connectivity index (χ0n) is 11.8. The number of nitrogens with zero attached hydrogens (tertiary/aromatic N) is 2. The normalized spacial score (nSPS) is 10.7. The second kappa shape index (κ2) is 7.29. The number of hydrogen-bond donors (Lipinski definition) is 1. The van der Waals surface area contributed by atoms with Crippen molar-refractivity contribution in [3.05, 3.63) is 63.6 Å². The van der Waals surface area contributed by atoms with Crippen LogP contribution in [-0.4, -0.2) is 26.7 Å². The summed E-state index contributed by atoms with van der Waals surface area (Å²) in [6, 6.07) is 14.6. The van der Waals surface area contributed by atoms with Gasteiger partial charge in [0, 0.05) is 20.6 Å². The molecule has 0 aliphatic carbocycles. The molecule has 0 saturated heterocycles. The molecule has 1 heterocycles. The lowest BCUT2D eigenvalue weighted by atomic mass is 10.1. The SMILES string of the molecule is O=C(CSc1n[nH]c(-c2ccccc2Br)n1)c1ccc(Cl)cc1. The number of H-pyrrole nitrogens is 1. The quantitative estimate of drug-likeness (QED) is 0.484. The molecular formula is C16H11BrClN3OS. The zero-order valence-corrected chi connectivity index (χ0v) is 15.0. The van der Waals surface area contributed by atoms with Crippen LogP contribution in [0.15, 0.2) is 58.2 Å². The number of carbonyl (C=O) groups is 1. The van der Waals surface area contributed by atoms with Gasteiger partial charge in [0.05, 0.1) is 5.75 Å². The Morgan fingerprint density at radius 2 is 1.91 bits per heavy atom. The van der Waals surface area contributed by atoms with Crippen molar-refractivity contribution in [2.24, 2.45) is 0 Å². The van der Waals surface area contributed by atoms with Crippen molar-refractivity contribution in [1.29, 1.82) is 0 Å². The molecule has 3 aromatic rings. The Morgan fingerprint density at radius 3 is 2.65 bits per heavy atom. The molecule has 0 unspecified atom stereocenters. The van der Waals surface area contributed by atoms with Crippen LogP contribution in [0.3, 0.4) is 0 Å². The van der Waals surface area contributed by atoms with E-state index in [0.717, 1.165) is 10.0 Å². The number of halogens is 2. The van der Waals surface area contributed by atoms with Gasteiger partial charge in [-0.1, -0.05) is 57.5 Å². The molecule has 0 spiro atoms. The van der Waals surface area contributed by atoms with E-state index in [9.17, 15) is 4.79 Å². The molecule has 0 bridgehead atoms. The van der Waals surface area contributed by atoms with Crippen LogP contribution in [0.1, 0.15) is 10.4 Å². The largest absolute Gasteiger partial charge is 0.293 e. The number of carbonyl (C=O) groups excluding carboxylic acids is 1. The fourth-order valence-electron chi connectivity index (χ4n) is 1.93. The number of hydrogen-bond acceptors (Lipinski definition) is 4. The van der Waals surface area contributed by atoms with Gasteiger partial charge in [-0.3, -0.25) is 9.89 Å². The number of benzene rings is 2. The van der Waals surface area contributed by atoms with Gasteiger partial charge in [-0.25, -0.2) is 4.98 Å². The van der Waals surface area contributed by atoms with Gasteiger partial charge >= 0.3 is 0 Å². The second-order valence-corrected chi connectivity index (χ2v) is 6.90. The topological polar surface area (TPSA) is 58.6 Å². The van der Waals surface area contributed by atoms with Gasteiger partial charge in [0.1, 0.15) is 0 Å². The minimum Gasteiger partial charge on any atom is -0.293 e. The van der Waals surface area contributed by atoms with E-state index in [-0.39, 0.29) is 11.5 Å². The van der Waals surface area contributed by atoms with Crippen LogP contribution < -0.4 is 0 Å². The third-order valence-corrected chi connectivity index (χ3v) is 4.88. The highest BCUT2D eigenvalue weighted by Crippen LogP contribution is 2.26. The summed E-state index contributed by atoms with van der Waals surface area (Å²) in [6.07, 6.45) is 0. The summed E-state index contributed by atoms with van der Waals surface area (Å²) in [7, 11) is 0. The molecule has 116 valence electrons. The highest BCUT2D eigenvalue weighted by molar-refractivity contribution is 9.10. The molecule has 0 atom stereocenters. The van der Waals surface area contributed by atoms with Crippen molar-refractivity contribution in [2.75, 3.05) is 5.75 Å². The minimum absolute atomic E-state index is 0.0129. The van der Waals surface area contributed by atoms with Gasteiger partial charge in [-0.05, 0) is 30.3 Å². The summed E-state index contributed by atoms with van der Waals surface area (Å²) in [4.78, 5) is 16.5. The zero-order chi connectivity index (χ0) is 16.2. The lowest BCUT2D eigenvalue weighted by Gasteiger charge is -1.99. The number of aromatic nitrogens is 3. The second-order valence-electron chi connectivity index (χ2n) is 4.67. The Kier molecular flexibility index (Phi) is 5.15. The molecule has 4 nitrogen and oxygen atoms in total. The van der Waals surface area contributed by atoms with Crippen LogP contribution in [0.2, 0.25) is 5.02 Å². The third kappa shape index (κ3) is 4.02. The van der Waals surface area contributed by atoms with Crippen LogP contribution in [0.25, 0.3) is 11.4 Å². The van der Waals surface area contributed by atoms with Crippen LogP contribution in [-0.2, 0) is 0 Å². The van der Waals surface area contributed by atoms with E-state index in [4.69, 9.17) is 11.6 Å². The standard InChI is InChI=1S/C16H11BrClN3OS/c17-13-4-2-1-3-12(13)15-19-16(21-20-15)23-9-14(22)10-5-7-11(18)8-6-10/h1-8H,9H2,(H,19,20,21). The van der Waals surface area contributed by atoms with E-state index in [1.807, 2.05) is 24.3 Å². The molecule has 0 radical (unpaired) electrons. The fraction of sp³-hybridized carbons (Fsp3) is 0.0625. The smallest absolute Gasteiger partial charge is 0.209 e. The summed E-state index contributed by atoms with van der Waals surface area (Å²) >= 11 is 10.6. The number of nitrogens with one attached hydrogen (secondary N) is 1. The molecule has 2 aromatic carbocycles. The third-order valence-electron chi connectivity index (χ3n) is 3.09. The number of Topliss-reactive ketones (excluding diaryl/α,β-unsaturated/α-hetero) is 1. The summed E-state index contributed by atoms with van der Waals surface area (Å²) in [5, 5.41) is 8.19. The molecule has 23 heavy (non-hydrogen) atoms. The number of rotatable bonds is 5. The predicted molar refractivity (Wildman–Crippen MR) is 96.0 cm³/mol. The van der Waals surface area contributed by atoms with Gasteiger partial charge in [0.25, 0.3) is 0 Å². The first-order chi connectivity index (χ1) is 11.1. The molecule has 3 rings (SSSR count). The van der Waals surface area contributed by atoms with Crippen LogP contribution in [0.5, 0.6) is 0 Å². The number of aromatic amines is 1. The van der Waals surface area contributed by atoms with E-state index in [1.165, 1.54) is 11.8 Å². The first-order valence-electron chi connectivity index (χ1n) is 6.72. The Balaban J connectivity index is 1.67. The summed E-state index contributed by atoms with van der Waals surface area (Å²) in [5.74, 6) is 0.951. The highest BCUT2D eigenvalue weighted by atomic mass is 79.9. The highest BCUT2D eigenvalue weighted by Gasteiger charge is 2.11. The molecule has 0 saturated carbocycles. The summed E-state index contributed by atoms with van der Waals surface area (Å²) in [5.41, 5.74) is 1.55. The Hall–Kier alpha value is -1.63. The van der Waals surface area contributed by atoms with Crippen LogP contribution in [0.4, 0.5) is 0 Å². The summed E-state index contributed by atoms with van der Waals surface area (Å²) < 4.78 is 0.935. The molecular weight excluding hydrogens is 398 g/mol. The Labute approximate surface area is 150 Å². The summed E-state index contributed by atoms with van der Waals surface area (Å²) in [6.45, 7) is 0. The van der Waals surface area contributed by atoms with Crippen molar-refractivity contribution < 1.29 is 4.79 Å². The number of ketones is 1. The van der Waals surface area contributed by atoms with Crippen molar-refractivity contribution >= 4 is 45.1 Å². The van der Waals surface area contributed by atoms with Gasteiger partial charge in [0.15, 0.2) is 11.6 Å². The first-order valence-corrected chi connectivity index (χ1v) is 8.88. The van der Waals surface area contributed by atoms with Crippen molar-refractivity contribution in [2.45, 2.75) is 5.16 Å². The van der Waals surface area contributed by atoms with Crippen LogP contribution in [0, 0.1) is 0 Å². The van der Waals surface area contributed by atoms with E-state index in [0.29, 0.717) is 21.6 Å².